The minimum atomic E-state index is -0.525. The van der Waals surface area contributed by atoms with Gasteiger partial charge in [-0.25, -0.2) is 4.39 Å². The highest BCUT2D eigenvalue weighted by molar-refractivity contribution is 6.33. The van der Waals surface area contributed by atoms with E-state index < -0.39 is 5.82 Å². The van der Waals surface area contributed by atoms with Crippen LogP contribution in [0.25, 0.3) is 33.4 Å². The average molecular weight is 354 g/mol. The summed E-state index contributed by atoms with van der Waals surface area (Å²) < 4.78 is 19.7. The molecule has 0 spiro atoms. The molecule has 25 heavy (non-hydrogen) atoms. The van der Waals surface area contributed by atoms with E-state index in [-0.39, 0.29) is 23.0 Å². The molecule has 3 aromatic carbocycles. The fraction of sp³-hybridized carbons (Fsp3) is 0.0500. The summed E-state index contributed by atoms with van der Waals surface area (Å²) >= 11 is 6.13. The maximum Gasteiger partial charge on any atom is 0.177 e. The van der Waals surface area contributed by atoms with Crippen LogP contribution in [-0.4, -0.2) is 10.3 Å². The van der Waals surface area contributed by atoms with E-state index in [9.17, 15) is 9.50 Å². The Labute approximate surface area is 148 Å². The molecule has 4 aromatic rings. The van der Waals surface area contributed by atoms with Crippen molar-refractivity contribution in [3.8, 4) is 22.6 Å². The molecule has 0 bridgehead atoms. The summed E-state index contributed by atoms with van der Waals surface area (Å²) in [6, 6.07) is 18.0. The van der Waals surface area contributed by atoms with Crippen LogP contribution in [0.3, 0.4) is 0 Å². The van der Waals surface area contributed by atoms with E-state index in [0.717, 1.165) is 16.3 Å². The van der Waals surface area contributed by atoms with Gasteiger partial charge in [-0.05, 0) is 22.9 Å². The van der Waals surface area contributed by atoms with Gasteiger partial charge < -0.3 is 9.63 Å². The first-order valence-electron chi connectivity index (χ1n) is 7.72. The topological polar surface area (TPSA) is 46.3 Å². The van der Waals surface area contributed by atoms with Gasteiger partial charge in [-0.15, -0.1) is 0 Å². The maximum absolute atomic E-state index is 14.3. The van der Waals surface area contributed by atoms with Crippen molar-refractivity contribution in [1.82, 2.24) is 5.16 Å². The molecule has 0 saturated heterocycles. The normalized spacial score (nSPS) is 11.2. The van der Waals surface area contributed by atoms with E-state index >= 15 is 0 Å². The second-order valence-electron chi connectivity index (χ2n) is 5.62. The Morgan fingerprint density at radius 3 is 2.56 bits per heavy atom. The molecule has 3 nitrogen and oxygen atoms in total. The fourth-order valence-electron chi connectivity index (χ4n) is 3.01. The van der Waals surface area contributed by atoms with Gasteiger partial charge in [-0.3, -0.25) is 0 Å². The number of benzene rings is 3. The minimum absolute atomic E-state index is 0.104. The minimum Gasteiger partial charge on any atom is -0.391 e. The Morgan fingerprint density at radius 2 is 1.76 bits per heavy atom. The van der Waals surface area contributed by atoms with Crippen molar-refractivity contribution in [3.05, 3.63) is 77.1 Å². The lowest BCUT2D eigenvalue weighted by Gasteiger charge is -2.06. The Kier molecular flexibility index (Phi) is 3.99. The second-order valence-corrected chi connectivity index (χ2v) is 6.03. The molecule has 1 heterocycles. The van der Waals surface area contributed by atoms with E-state index in [4.69, 9.17) is 16.1 Å². The molecule has 0 saturated carbocycles. The Morgan fingerprint density at radius 1 is 1.00 bits per heavy atom. The Hall–Kier alpha value is -2.69. The number of aliphatic hydroxyl groups excluding tert-OH is 1. The number of rotatable bonds is 3. The molecule has 0 amide bonds. The van der Waals surface area contributed by atoms with Gasteiger partial charge in [-0.1, -0.05) is 65.3 Å². The summed E-state index contributed by atoms with van der Waals surface area (Å²) in [6.07, 6.45) is 0. The molecule has 0 unspecified atom stereocenters. The van der Waals surface area contributed by atoms with E-state index in [2.05, 4.69) is 5.16 Å². The molecule has 1 N–H and O–H groups in total. The van der Waals surface area contributed by atoms with Crippen molar-refractivity contribution in [1.29, 1.82) is 0 Å². The Bertz CT molecular complexity index is 1050. The smallest absolute Gasteiger partial charge is 0.177 e. The first-order valence-corrected chi connectivity index (χ1v) is 8.10. The van der Waals surface area contributed by atoms with E-state index in [1.54, 1.807) is 6.07 Å². The molecule has 0 aliphatic carbocycles. The predicted octanol–water partition coefficient (Wildman–Crippen LogP) is 5.45. The molecule has 0 aliphatic heterocycles. The van der Waals surface area contributed by atoms with Crippen LogP contribution in [0.4, 0.5) is 4.39 Å². The van der Waals surface area contributed by atoms with E-state index in [1.165, 1.54) is 12.1 Å². The summed E-state index contributed by atoms with van der Waals surface area (Å²) in [5, 5.41) is 16.2. The lowest BCUT2D eigenvalue weighted by atomic mass is 9.98. The average Bonchev–Trinajstić information content (AvgIpc) is 3.04. The molecule has 0 aliphatic rings. The maximum atomic E-state index is 14.3. The van der Waals surface area contributed by atoms with E-state index in [0.29, 0.717) is 11.3 Å². The van der Waals surface area contributed by atoms with Gasteiger partial charge in [0.2, 0.25) is 0 Å². The van der Waals surface area contributed by atoms with Crippen molar-refractivity contribution in [2.24, 2.45) is 0 Å². The molecule has 1 aromatic heterocycles. The van der Waals surface area contributed by atoms with Crippen molar-refractivity contribution in [2.75, 3.05) is 0 Å². The highest BCUT2D eigenvalue weighted by Gasteiger charge is 2.23. The Balaban J connectivity index is 1.98. The van der Waals surface area contributed by atoms with Crippen molar-refractivity contribution in [3.63, 3.8) is 0 Å². The molecule has 4 rings (SSSR count). The van der Waals surface area contributed by atoms with Gasteiger partial charge in [0.15, 0.2) is 5.76 Å². The zero-order chi connectivity index (χ0) is 17.4. The fourth-order valence-corrected chi connectivity index (χ4v) is 3.26. The van der Waals surface area contributed by atoms with E-state index in [1.807, 2.05) is 42.5 Å². The van der Waals surface area contributed by atoms with Crippen LogP contribution in [0.5, 0.6) is 0 Å². The summed E-state index contributed by atoms with van der Waals surface area (Å²) in [4.78, 5) is 0. The highest BCUT2D eigenvalue weighted by Crippen LogP contribution is 2.39. The number of halogens is 2. The molecule has 124 valence electrons. The SMILES string of the molecule is OCc1c(-c2cccc3ccccc23)noc1-c1c(F)cccc1Cl. The molecule has 0 atom stereocenters. The van der Waals surface area contributed by atoms with Gasteiger partial charge in [0.1, 0.15) is 11.5 Å². The monoisotopic (exact) mass is 353 g/mol. The zero-order valence-corrected chi connectivity index (χ0v) is 13.8. The summed E-state index contributed by atoms with van der Waals surface area (Å²) in [5.74, 6) is -0.378. The van der Waals surface area contributed by atoms with Crippen LogP contribution < -0.4 is 0 Å². The number of hydrogen-bond acceptors (Lipinski definition) is 3. The highest BCUT2D eigenvalue weighted by atomic mass is 35.5. The first kappa shape index (κ1) is 15.8. The van der Waals surface area contributed by atoms with Crippen LogP contribution in [0.2, 0.25) is 5.02 Å². The number of nitrogens with zero attached hydrogens (tertiary/aromatic N) is 1. The molecular formula is C20H13ClFNO2. The van der Waals surface area contributed by atoms with Gasteiger partial charge in [0, 0.05) is 5.56 Å². The third-order valence-electron chi connectivity index (χ3n) is 4.18. The zero-order valence-electron chi connectivity index (χ0n) is 13.0. The van der Waals surface area contributed by atoms with Crippen LogP contribution in [0, 0.1) is 5.82 Å². The second kappa shape index (κ2) is 6.31. The number of aliphatic hydroxyl groups is 1. The van der Waals surface area contributed by atoms with Crippen LogP contribution in [0.1, 0.15) is 5.56 Å². The summed E-state index contributed by atoms with van der Waals surface area (Å²) in [7, 11) is 0. The molecular weight excluding hydrogens is 341 g/mol. The number of hydrogen-bond donors (Lipinski definition) is 1. The number of aromatic nitrogens is 1. The van der Waals surface area contributed by atoms with Crippen molar-refractivity contribution in [2.45, 2.75) is 6.61 Å². The first-order chi connectivity index (χ1) is 12.2. The lowest BCUT2D eigenvalue weighted by Crippen LogP contribution is -1.92. The molecule has 5 heteroatoms. The van der Waals surface area contributed by atoms with Gasteiger partial charge >= 0.3 is 0 Å². The molecule has 0 radical (unpaired) electrons. The van der Waals surface area contributed by atoms with Crippen LogP contribution in [-0.2, 0) is 6.61 Å². The third kappa shape index (κ3) is 2.60. The van der Waals surface area contributed by atoms with Crippen molar-refractivity contribution >= 4 is 22.4 Å². The quantitative estimate of drug-likeness (QED) is 0.533. The molecule has 0 fully saturated rings. The van der Waals surface area contributed by atoms with Crippen LogP contribution in [0.15, 0.2) is 65.2 Å². The summed E-state index contributed by atoms with van der Waals surface area (Å²) in [6.45, 7) is -0.345. The lowest BCUT2D eigenvalue weighted by molar-refractivity contribution is 0.281. The number of fused-ring (bicyclic) bond motifs is 1. The standard InChI is InChI=1S/C20H13ClFNO2/c21-16-9-4-10-17(22)18(16)20-15(11-24)19(23-25-20)14-8-3-6-12-5-1-2-7-13(12)14/h1-10,24H,11H2. The van der Waals surface area contributed by atoms with Crippen molar-refractivity contribution < 1.29 is 14.0 Å². The van der Waals surface area contributed by atoms with Gasteiger partial charge in [0.05, 0.1) is 22.8 Å². The van der Waals surface area contributed by atoms with Crippen LogP contribution >= 0.6 is 11.6 Å². The third-order valence-corrected chi connectivity index (χ3v) is 4.50. The summed E-state index contributed by atoms with van der Waals surface area (Å²) in [5.41, 5.74) is 1.80. The predicted molar refractivity (Wildman–Crippen MR) is 95.8 cm³/mol. The van der Waals surface area contributed by atoms with Gasteiger partial charge in [-0.2, -0.15) is 0 Å². The van der Waals surface area contributed by atoms with Gasteiger partial charge in [0.25, 0.3) is 0 Å². The largest absolute Gasteiger partial charge is 0.391 e.